The van der Waals surface area contributed by atoms with E-state index >= 15 is 0 Å². The fraction of sp³-hybridized carbons (Fsp3) is 0.320. The maximum Gasteiger partial charge on any atom is 0.196 e. The number of nitrogens with zero attached hydrogens (tertiary/aromatic N) is 3. The number of aromatic nitrogens is 2. The van der Waals surface area contributed by atoms with E-state index in [4.69, 9.17) is 4.98 Å². The molecule has 2 aromatic heterocycles. The van der Waals surface area contributed by atoms with Gasteiger partial charge in [-0.3, -0.25) is 9.47 Å². The van der Waals surface area contributed by atoms with Crippen LogP contribution in [0.1, 0.15) is 29.7 Å². The van der Waals surface area contributed by atoms with Gasteiger partial charge in [0.15, 0.2) is 5.88 Å². The molecule has 0 radical (unpaired) electrons. The SMILES string of the molecule is Oc1cccn1-c1ccc(C#CC2(O)CN3CCC2CC3)c(Cc2ccccc2)n1. The molecule has 1 unspecified atom stereocenters. The van der Waals surface area contributed by atoms with Crippen molar-refractivity contribution >= 4 is 0 Å². The van der Waals surface area contributed by atoms with Gasteiger partial charge in [-0.25, -0.2) is 4.98 Å². The first-order valence-corrected chi connectivity index (χ1v) is 10.5. The second-order valence-corrected chi connectivity index (χ2v) is 8.29. The van der Waals surface area contributed by atoms with Gasteiger partial charge in [-0.2, -0.15) is 0 Å². The fourth-order valence-corrected chi connectivity index (χ4v) is 4.58. The molecule has 152 valence electrons. The van der Waals surface area contributed by atoms with Crippen molar-refractivity contribution in [3.8, 4) is 23.5 Å². The summed E-state index contributed by atoms with van der Waals surface area (Å²) in [7, 11) is 0. The summed E-state index contributed by atoms with van der Waals surface area (Å²) >= 11 is 0. The summed E-state index contributed by atoms with van der Waals surface area (Å²) in [6.45, 7) is 2.75. The van der Waals surface area contributed by atoms with E-state index in [0.29, 0.717) is 18.8 Å². The van der Waals surface area contributed by atoms with Crippen LogP contribution in [0.3, 0.4) is 0 Å². The molecule has 3 fully saturated rings. The zero-order chi connectivity index (χ0) is 20.6. The lowest BCUT2D eigenvalue weighted by Gasteiger charge is -2.47. The van der Waals surface area contributed by atoms with Gasteiger partial charge in [0.2, 0.25) is 0 Å². The molecule has 2 N–H and O–H groups in total. The molecule has 5 heteroatoms. The maximum atomic E-state index is 11.2. The Hall–Kier alpha value is -3.07. The van der Waals surface area contributed by atoms with Gasteiger partial charge in [-0.15, -0.1) is 0 Å². The molecular formula is C25H25N3O2. The summed E-state index contributed by atoms with van der Waals surface area (Å²) in [4.78, 5) is 7.12. The third-order valence-corrected chi connectivity index (χ3v) is 6.29. The summed E-state index contributed by atoms with van der Waals surface area (Å²) in [5.74, 6) is 7.50. The third kappa shape index (κ3) is 3.60. The summed E-state index contributed by atoms with van der Waals surface area (Å²) in [5.41, 5.74) is 1.85. The second kappa shape index (κ2) is 7.64. The van der Waals surface area contributed by atoms with Crippen LogP contribution in [0, 0.1) is 17.8 Å². The topological polar surface area (TPSA) is 61.5 Å². The summed E-state index contributed by atoms with van der Waals surface area (Å²) in [5, 5.41) is 21.3. The Kier molecular flexibility index (Phi) is 4.82. The molecule has 6 rings (SSSR count). The highest BCUT2D eigenvalue weighted by Crippen LogP contribution is 2.35. The van der Waals surface area contributed by atoms with Crippen molar-refractivity contribution in [2.75, 3.05) is 19.6 Å². The molecule has 3 aliphatic heterocycles. The Morgan fingerprint density at radius 2 is 1.83 bits per heavy atom. The van der Waals surface area contributed by atoms with Gasteiger partial charge >= 0.3 is 0 Å². The highest BCUT2D eigenvalue weighted by molar-refractivity contribution is 5.46. The minimum Gasteiger partial charge on any atom is -0.494 e. The average molecular weight is 399 g/mol. The van der Waals surface area contributed by atoms with Crippen molar-refractivity contribution in [2.45, 2.75) is 24.9 Å². The number of benzene rings is 1. The number of fused-ring (bicyclic) bond motifs is 3. The van der Waals surface area contributed by atoms with Crippen LogP contribution in [0.2, 0.25) is 0 Å². The number of hydrogen-bond donors (Lipinski definition) is 2. The van der Waals surface area contributed by atoms with Gasteiger partial charge < -0.3 is 10.2 Å². The highest BCUT2D eigenvalue weighted by atomic mass is 16.3. The van der Waals surface area contributed by atoms with Crippen molar-refractivity contribution in [1.82, 2.24) is 14.5 Å². The monoisotopic (exact) mass is 399 g/mol. The number of rotatable bonds is 3. The van der Waals surface area contributed by atoms with E-state index < -0.39 is 5.60 Å². The first kappa shape index (κ1) is 18.9. The Balaban J connectivity index is 1.52. The maximum absolute atomic E-state index is 11.2. The zero-order valence-corrected chi connectivity index (χ0v) is 16.8. The highest BCUT2D eigenvalue weighted by Gasteiger charge is 2.44. The number of aromatic hydroxyl groups is 1. The van der Waals surface area contributed by atoms with Gasteiger partial charge in [0, 0.05) is 36.7 Å². The first-order valence-electron chi connectivity index (χ1n) is 10.5. The lowest BCUT2D eigenvalue weighted by molar-refractivity contribution is -0.0713. The molecule has 0 saturated carbocycles. The molecular weight excluding hydrogens is 374 g/mol. The zero-order valence-electron chi connectivity index (χ0n) is 16.8. The smallest absolute Gasteiger partial charge is 0.196 e. The van der Waals surface area contributed by atoms with E-state index in [2.05, 4.69) is 28.9 Å². The van der Waals surface area contributed by atoms with Crippen molar-refractivity contribution in [2.24, 2.45) is 5.92 Å². The van der Waals surface area contributed by atoms with Crippen LogP contribution >= 0.6 is 0 Å². The van der Waals surface area contributed by atoms with E-state index in [9.17, 15) is 10.2 Å². The minimum absolute atomic E-state index is 0.147. The molecule has 5 nitrogen and oxygen atoms in total. The Bertz CT molecular complexity index is 1100. The van der Waals surface area contributed by atoms with Crippen LogP contribution in [0.15, 0.2) is 60.8 Å². The van der Waals surface area contributed by atoms with Crippen molar-refractivity contribution < 1.29 is 10.2 Å². The number of hydrogen-bond acceptors (Lipinski definition) is 4. The molecule has 1 atom stereocenters. The molecule has 30 heavy (non-hydrogen) atoms. The van der Waals surface area contributed by atoms with Crippen LogP contribution in [0.25, 0.3) is 5.82 Å². The summed E-state index contributed by atoms with van der Waals surface area (Å²) in [6.07, 6.45) is 4.43. The van der Waals surface area contributed by atoms with Crippen molar-refractivity contribution in [1.29, 1.82) is 0 Å². The quantitative estimate of drug-likeness (QED) is 0.665. The van der Waals surface area contributed by atoms with Crippen LogP contribution < -0.4 is 0 Å². The Morgan fingerprint density at radius 3 is 2.50 bits per heavy atom. The van der Waals surface area contributed by atoms with Gasteiger partial charge in [-0.1, -0.05) is 42.2 Å². The number of pyridine rings is 1. The van der Waals surface area contributed by atoms with Gasteiger partial charge in [0.25, 0.3) is 0 Å². The van der Waals surface area contributed by atoms with Crippen molar-refractivity contribution in [3.63, 3.8) is 0 Å². The van der Waals surface area contributed by atoms with E-state index in [-0.39, 0.29) is 11.8 Å². The standard InChI is InChI=1S/C25H25N3O2/c29-24-7-4-14-28(24)23-9-8-20(22(26-23)17-19-5-2-1-3-6-19)10-13-25(30)18-27-15-11-21(25)12-16-27/h1-9,14,21,29-30H,11-12,15-18H2. The van der Waals surface area contributed by atoms with Crippen LogP contribution in [-0.4, -0.2) is 49.9 Å². The molecule has 3 saturated heterocycles. The Labute approximate surface area is 176 Å². The predicted molar refractivity (Wildman–Crippen MR) is 115 cm³/mol. The molecule has 5 heterocycles. The van der Waals surface area contributed by atoms with E-state index in [0.717, 1.165) is 42.8 Å². The predicted octanol–water partition coefficient (Wildman–Crippen LogP) is 2.98. The molecule has 3 aliphatic rings. The molecule has 0 amide bonds. The molecule has 0 spiro atoms. The third-order valence-electron chi connectivity index (χ3n) is 6.29. The summed E-state index contributed by atoms with van der Waals surface area (Å²) < 4.78 is 1.65. The largest absolute Gasteiger partial charge is 0.494 e. The van der Waals surface area contributed by atoms with Gasteiger partial charge in [-0.05, 0) is 49.7 Å². The van der Waals surface area contributed by atoms with E-state index in [1.54, 1.807) is 22.9 Å². The minimum atomic E-state index is -0.947. The van der Waals surface area contributed by atoms with E-state index in [1.807, 2.05) is 30.3 Å². The van der Waals surface area contributed by atoms with Crippen LogP contribution in [0.4, 0.5) is 0 Å². The second-order valence-electron chi connectivity index (χ2n) is 8.29. The van der Waals surface area contributed by atoms with E-state index in [1.165, 1.54) is 0 Å². The van der Waals surface area contributed by atoms with Gasteiger partial charge in [0.05, 0.1) is 5.69 Å². The lowest BCUT2D eigenvalue weighted by Crippen LogP contribution is -2.58. The van der Waals surface area contributed by atoms with Crippen molar-refractivity contribution in [3.05, 3.63) is 77.6 Å². The molecule has 1 aromatic carbocycles. The lowest BCUT2D eigenvalue weighted by atomic mass is 9.75. The number of piperidine rings is 3. The van der Waals surface area contributed by atoms with Gasteiger partial charge in [0.1, 0.15) is 11.4 Å². The molecule has 2 bridgehead atoms. The Morgan fingerprint density at radius 1 is 1.03 bits per heavy atom. The molecule has 3 aromatic rings. The van der Waals surface area contributed by atoms with Crippen LogP contribution in [0.5, 0.6) is 5.88 Å². The molecule has 0 aliphatic carbocycles. The first-order chi connectivity index (χ1) is 14.6. The fourth-order valence-electron chi connectivity index (χ4n) is 4.58. The normalized spacial score (nSPS) is 25.0. The van der Waals surface area contributed by atoms with Crippen LogP contribution in [-0.2, 0) is 6.42 Å². The average Bonchev–Trinajstić information content (AvgIpc) is 3.20. The number of aliphatic hydroxyl groups is 1. The summed E-state index contributed by atoms with van der Waals surface area (Å²) in [6, 6.07) is 17.4.